The smallest absolute Gasteiger partial charge is 0.0996 e. The van der Waals surface area contributed by atoms with Crippen molar-refractivity contribution in [2.75, 3.05) is 0 Å². The number of rotatable bonds is 2. The lowest BCUT2D eigenvalue weighted by Crippen LogP contribution is -2.01. The third kappa shape index (κ3) is 1.93. The molecule has 0 aliphatic carbocycles. The van der Waals surface area contributed by atoms with Gasteiger partial charge in [-0.15, -0.1) is 5.10 Å². The van der Waals surface area contributed by atoms with Gasteiger partial charge in [0.15, 0.2) is 0 Å². The lowest BCUT2D eigenvalue weighted by molar-refractivity contribution is 0.782. The van der Waals surface area contributed by atoms with Crippen molar-refractivity contribution >= 4 is 15.9 Å². The molecule has 0 saturated carbocycles. The van der Waals surface area contributed by atoms with Crippen LogP contribution in [-0.2, 0) is 6.54 Å². The van der Waals surface area contributed by atoms with E-state index in [1.165, 1.54) is 0 Å². The topological polar surface area (TPSA) is 56.7 Å². The quantitative estimate of drug-likeness (QED) is 0.902. The highest BCUT2D eigenvalue weighted by Gasteiger charge is 2.08. The van der Waals surface area contributed by atoms with Crippen LogP contribution in [0.15, 0.2) is 28.7 Å². The average Bonchev–Trinajstić information content (AvgIpc) is 2.59. The normalized spacial score (nSPS) is 10.6. The third-order valence-electron chi connectivity index (χ3n) is 2.24. The third-order valence-corrected chi connectivity index (χ3v) is 2.73. The minimum absolute atomic E-state index is 0.417. The van der Waals surface area contributed by atoms with Gasteiger partial charge in [0, 0.05) is 11.0 Å². The highest BCUT2D eigenvalue weighted by molar-refractivity contribution is 9.10. The Morgan fingerprint density at radius 3 is 2.87 bits per heavy atom. The van der Waals surface area contributed by atoms with Gasteiger partial charge in [0.2, 0.25) is 0 Å². The van der Waals surface area contributed by atoms with Gasteiger partial charge in [-0.05, 0) is 25.1 Å². The second-order valence-corrected chi connectivity index (χ2v) is 4.13. The summed E-state index contributed by atoms with van der Waals surface area (Å²) in [6.45, 7) is 2.38. The number of hydrogen-bond acceptors (Lipinski definition) is 3. The number of nitrogens with zero attached hydrogens (tertiary/aromatic N) is 3. The molecule has 2 N–H and O–H groups in total. The zero-order valence-corrected chi connectivity index (χ0v) is 9.90. The van der Waals surface area contributed by atoms with E-state index in [4.69, 9.17) is 5.73 Å². The molecule has 1 heterocycles. The van der Waals surface area contributed by atoms with Crippen molar-refractivity contribution in [1.82, 2.24) is 15.0 Å². The van der Waals surface area contributed by atoms with Gasteiger partial charge in [0.25, 0.3) is 0 Å². The predicted octanol–water partition coefficient (Wildman–Crippen LogP) is 1.80. The zero-order chi connectivity index (χ0) is 10.8. The van der Waals surface area contributed by atoms with Gasteiger partial charge in [-0.3, -0.25) is 0 Å². The summed E-state index contributed by atoms with van der Waals surface area (Å²) in [5.41, 5.74) is 8.34. The van der Waals surface area contributed by atoms with E-state index in [1.807, 2.05) is 31.2 Å². The summed E-state index contributed by atoms with van der Waals surface area (Å²) in [7, 11) is 0. The first-order chi connectivity index (χ1) is 7.22. The molecule has 4 nitrogen and oxygen atoms in total. The van der Waals surface area contributed by atoms with E-state index in [0.29, 0.717) is 6.54 Å². The summed E-state index contributed by atoms with van der Waals surface area (Å²) in [5.74, 6) is 0. The van der Waals surface area contributed by atoms with Crippen LogP contribution < -0.4 is 5.73 Å². The molecule has 0 aliphatic rings. The second-order valence-electron chi connectivity index (χ2n) is 3.22. The van der Waals surface area contributed by atoms with Crippen LogP contribution in [0.25, 0.3) is 5.69 Å². The van der Waals surface area contributed by atoms with E-state index >= 15 is 0 Å². The predicted molar refractivity (Wildman–Crippen MR) is 61.7 cm³/mol. The Morgan fingerprint density at radius 1 is 1.47 bits per heavy atom. The zero-order valence-electron chi connectivity index (χ0n) is 8.31. The maximum atomic E-state index is 5.55. The van der Waals surface area contributed by atoms with Crippen LogP contribution in [0.2, 0.25) is 0 Å². The van der Waals surface area contributed by atoms with Gasteiger partial charge in [0.05, 0.1) is 17.1 Å². The molecule has 0 unspecified atom stereocenters. The summed E-state index contributed by atoms with van der Waals surface area (Å²) in [5, 5.41) is 8.08. The van der Waals surface area contributed by atoms with Crippen molar-refractivity contribution in [2.24, 2.45) is 5.73 Å². The molecule has 0 bridgehead atoms. The Morgan fingerprint density at radius 2 is 2.27 bits per heavy atom. The molecular weight excluding hydrogens is 256 g/mol. The number of hydrogen-bond donors (Lipinski definition) is 1. The Kier molecular flexibility index (Phi) is 2.83. The van der Waals surface area contributed by atoms with Gasteiger partial charge in [-0.2, -0.15) is 0 Å². The van der Waals surface area contributed by atoms with Crippen molar-refractivity contribution in [3.8, 4) is 5.69 Å². The van der Waals surface area contributed by atoms with Crippen LogP contribution in [0.1, 0.15) is 11.4 Å². The fourth-order valence-corrected chi connectivity index (χ4v) is 1.79. The van der Waals surface area contributed by atoms with Crippen molar-refractivity contribution in [3.05, 3.63) is 40.1 Å². The van der Waals surface area contributed by atoms with E-state index < -0.39 is 0 Å². The maximum absolute atomic E-state index is 5.55. The van der Waals surface area contributed by atoms with Crippen molar-refractivity contribution < 1.29 is 0 Å². The molecule has 1 aromatic carbocycles. The molecule has 2 aromatic rings. The molecule has 2 rings (SSSR count). The van der Waals surface area contributed by atoms with E-state index in [0.717, 1.165) is 21.5 Å². The molecule has 0 atom stereocenters. The molecule has 15 heavy (non-hydrogen) atoms. The number of benzene rings is 1. The maximum Gasteiger partial charge on any atom is 0.0996 e. The first-order valence-electron chi connectivity index (χ1n) is 4.59. The lowest BCUT2D eigenvalue weighted by atomic mass is 10.3. The van der Waals surface area contributed by atoms with Crippen molar-refractivity contribution in [3.63, 3.8) is 0 Å². The fourth-order valence-electron chi connectivity index (χ4n) is 1.40. The number of nitrogens with two attached hydrogens (primary N) is 1. The SMILES string of the molecule is Cc1c(CN)nnn1-c1cccc(Br)c1. The molecule has 0 amide bonds. The lowest BCUT2D eigenvalue weighted by Gasteiger charge is -2.03. The molecule has 78 valence electrons. The molecule has 1 aromatic heterocycles. The first kappa shape index (κ1) is 10.3. The van der Waals surface area contributed by atoms with Crippen LogP contribution >= 0.6 is 15.9 Å². The minimum atomic E-state index is 0.417. The summed E-state index contributed by atoms with van der Waals surface area (Å²) < 4.78 is 2.80. The summed E-state index contributed by atoms with van der Waals surface area (Å²) in [4.78, 5) is 0. The Labute approximate surface area is 96.2 Å². The van der Waals surface area contributed by atoms with Crippen LogP contribution in [0.5, 0.6) is 0 Å². The van der Waals surface area contributed by atoms with Gasteiger partial charge in [-0.25, -0.2) is 4.68 Å². The van der Waals surface area contributed by atoms with Crippen LogP contribution in [0, 0.1) is 6.92 Å². The highest BCUT2D eigenvalue weighted by atomic mass is 79.9. The molecular formula is C10H11BrN4. The number of aromatic nitrogens is 3. The van der Waals surface area contributed by atoms with E-state index in [9.17, 15) is 0 Å². The molecule has 0 fully saturated rings. The van der Waals surface area contributed by atoms with Gasteiger partial charge in [-0.1, -0.05) is 27.2 Å². The van der Waals surface area contributed by atoms with Crippen LogP contribution in [0.3, 0.4) is 0 Å². The minimum Gasteiger partial charge on any atom is -0.325 e. The monoisotopic (exact) mass is 266 g/mol. The van der Waals surface area contributed by atoms with Gasteiger partial charge in [0.1, 0.15) is 0 Å². The Bertz CT molecular complexity index is 478. The number of halogens is 1. The van der Waals surface area contributed by atoms with Gasteiger partial charge >= 0.3 is 0 Å². The van der Waals surface area contributed by atoms with E-state index in [1.54, 1.807) is 4.68 Å². The Hall–Kier alpha value is -1.20. The fraction of sp³-hybridized carbons (Fsp3) is 0.200. The van der Waals surface area contributed by atoms with Gasteiger partial charge < -0.3 is 5.73 Å². The molecule has 0 aliphatic heterocycles. The van der Waals surface area contributed by atoms with Crippen LogP contribution in [-0.4, -0.2) is 15.0 Å². The standard InChI is InChI=1S/C10H11BrN4/c1-7-10(6-12)13-14-15(7)9-4-2-3-8(11)5-9/h2-5H,6,12H2,1H3. The summed E-state index contributed by atoms with van der Waals surface area (Å²) in [6.07, 6.45) is 0. The summed E-state index contributed by atoms with van der Waals surface area (Å²) >= 11 is 3.42. The molecule has 5 heteroatoms. The molecule has 0 radical (unpaired) electrons. The Balaban J connectivity index is 2.49. The van der Waals surface area contributed by atoms with Crippen molar-refractivity contribution in [1.29, 1.82) is 0 Å². The molecule has 0 spiro atoms. The average molecular weight is 267 g/mol. The van der Waals surface area contributed by atoms with E-state index in [-0.39, 0.29) is 0 Å². The first-order valence-corrected chi connectivity index (χ1v) is 5.39. The van der Waals surface area contributed by atoms with E-state index in [2.05, 4.69) is 26.2 Å². The highest BCUT2D eigenvalue weighted by Crippen LogP contribution is 2.16. The molecule has 0 saturated heterocycles. The largest absolute Gasteiger partial charge is 0.325 e. The van der Waals surface area contributed by atoms with Crippen molar-refractivity contribution in [2.45, 2.75) is 13.5 Å². The van der Waals surface area contributed by atoms with Crippen LogP contribution in [0.4, 0.5) is 0 Å². The summed E-state index contributed by atoms with van der Waals surface area (Å²) in [6, 6.07) is 7.90. The second kappa shape index (κ2) is 4.12.